The number of sulfone groups is 2. The summed E-state index contributed by atoms with van der Waals surface area (Å²) in [4.78, 5) is -12.7. The lowest BCUT2D eigenvalue weighted by Crippen LogP contribution is -2.54. The summed E-state index contributed by atoms with van der Waals surface area (Å²) in [7, 11) is -13.1. The Morgan fingerprint density at radius 2 is 0.439 bits per heavy atom. The van der Waals surface area contributed by atoms with E-state index in [9.17, 15) is 52.0 Å². The van der Waals surface area contributed by atoms with Crippen LogP contribution in [0.5, 0.6) is 57.5 Å². The van der Waals surface area contributed by atoms with E-state index in [-0.39, 0.29) is 67.8 Å². The highest BCUT2D eigenvalue weighted by atomic mass is 32.2. The number of hydrogen-bond acceptors (Lipinski definition) is 12. The normalized spacial score (nSPS) is 11.9. The van der Waals surface area contributed by atoms with Crippen LogP contribution in [0, 0.1) is 188 Å². The van der Waals surface area contributed by atoms with Crippen LogP contribution in [0.1, 0.15) is 52.0 Å². The van der Waals surface area contributed by atoms with Crippen LogP contribution in [0.25, 0.3) is 22.3 Å². The SMILES string of the molecule is C.C.C.C.COCOc1c(F)c(F)c(-c2c(F)c(F)c(Oc3c(F)c(F)c(S(=O)(=O)c4c(F)c(F)c(C)c(F)c4F)c(Oc4ccc(C(c5ccc(Oc6c(F)c(Oc7c(F)c(F)c(-c8c(F)c(F)c(OCOC)c(F)c8F)c(F)c7F)c(F)c(F)c6S(=O)(=O)c6c(F)c(F)c(C)c(F)c6F)cc5)(C(F)(F)F)C(F)(F)F)cc4)c3F)c(F)c2F)c(F)c1F. The van der Waals surface area contributed by atoms with Crippen molar-refractivity contribution in [1.82, 2.24) is 0 Å². The van der Waals surface area contributed by atoms with Gasteiger partial charge in [0.2, 0.25) is 118 Å². The van der Waals surface area contributed by atoms with Crippen LogP contribution in [0.2, 0.25) is 0 Å². The molecule has 0 saturated carbocycles. The molecule has 0 fully saturated rings. The van der Waals surface area contributed by atoms with E-state index in [0.717, 1.165) is 14.2 Å². The van der Waals surface area contributed by atoms with Gasteiger partial charge in [-0.3, -0.25) is 0 Å². The van der Waals surface area contributed by atoms with E-state index in [0.29, 0.717) is 0 Å². The molecule has 0 saturated heterocycles. The van der Waals surface area contributed by atoms with E-state index in [4.69, 9.17) is 9.47 Å². The summed E-state index contributed by atoms with van der Waals surface area (Å²) in [5, 5.41) is 0. The van der Waals surface area contributed by atoms with Crippen LogP contribution in [-0.2, 0) is 34.6 Å². The molecule has 0 aliphatic carbocycles. The summed E-state index contributed by atoms with van der Waals surface area (Å²) in [6.45, 7) is -2.14. The fourth-order valence-corrected chi connectivity index (χ4v) is 14.2. The molecule has 0 spiro atoms. The monoisotopic (exact) mass is 1860 g/mol. The summed E-state index contributed by atoms with van der Waals surface area (Å²) in [5.41, 5.74) is -25.2. The Balaban J connectivity index is 0.00000585. The van der Waals surface area contributed by atoms with Crippen molar-refractivity contribution in [3.8, 4) is 79.7 Å². The predicted molar refractivity (Wildman–Crippen MR) is 347 cm³/mol. The lowest BCUT2D eigenvalue weighted by molar-refractivity contribution is -0.288. The highest BCUT2D eigenvalue weighted by molar-refractivity contribution is 7.92. The van der Waals surface area contributed by atoms with Gasteiger partial charge in [0.15, 0.2) is 151 Å². The van der Waals surface area contributed by atoms with Crippen LogP contribution in [0.3, 0.4) is 0 Å². The van der Waals surface area contributed by atoms with E-state index in [1.54, 1.807) is 0 Å². The predicted octanol–water partition coefficient (Wildman–Crippen LogP) is 24.6. The van der Waals surface area contributed by atoms with E-state index < -0.39 is 371 Å². The molecule has 0 aliphatic heterocycles. The van der Waals surface area contributed by atoms with Crippen molar-refractivity contribution >= 4 is 19.7 Å². The van der Waals surface area contributed by atoms with Gasteiger partial charge in [0, 0.05) is 25.3 Å². The highest BCUT2D eigenvalue weighted by Gasteiger charge is 2.72. The zero-order valence-corrected chi connectivity index (χ0v) is 58.5. The molecule has 10 aromatic carbocycles. The quantitative estimate of drug-likeness (QED) is 0.0362. The molecule has 0 atom stereocenters. The summed E-state index contributed by atoms with van der Waals surface area (Å²) in [6, 6.07) is -3.62. The maximum Gasteiger partial charge on any atom is 0.411 e. The van der Waals surface area contributed by atoms with Crippen molar-refractivity contribution in [3.05, 3.63) is 245 Å². The third-order valence-electron chi connectivity index (χ3n) is 16.7. The third-order valence-corrected chi connectivity index (χ3v) is 20.3. The average Bonchev–Trinajstić information content (AvgIpc) is 0.716. The van der Waals surface area contributed by atoms with E-state index in [2.05, 4.69) is 28.4 Å². The van der Waals surface area contributed by atoms with Crippen LogP contribution in [0.4, 0.5) is 158 Å². The third kappa shape index (κ3) is 15.8. The van der Waals surface area contributed by atoms with Gasteiger partial charge in [0.05, 0.1) is 22.3 Å². The van der Waals surface area contributed by atoms with Gasteiger partial charge in [0.25, 0.3) is 0 Å². The summed E-state index contributed by atoms with van der Waals surface area (Å²) < 4.78 is 655. The number of rotatable bonds is 22. The molecule has 0 aliphatic rings. The molecule has 123 heavy (non-hydrogen) atoms. The molecular weight excluding hydrogens is 1820 g/mol. The Hall–Kier alpha value is -11.7. The van der Waals surface area contributed by atoms with Crippen molar-refractivity contribution < 1.29 is 213 Å². The van der Waals surface area contributed by atoms with E-state index in [1.165, 1.54) is 0 Å². The Morgan fingerprint density at radius 1 is 0.244 bits per heavy atom. The van der Waals surface area contributed by atoms with Crippen molar-refractivity contribution in [2.24, 2.45) is 0 Å². The fraction of sp³-hybridized carbons (Fsp3) is 0.178. The maximum absolute atomic E-state index is 17.1. The molecule has 12 nitrogen and oxygen atoms in total. The Bertz CT molecular complexity index is 5640. The summed E-state index contributed by atoms with van der Waals surface area (Å²) in [5.74, 6) is -120. The first kappa shape index (κ1) is 100. The van der Waals surface area contributed by atoms with Crippen molar-refractivity contribution in [1.29, 1.82) is 0 Å². The molecule has 50 heteroatoms. The second kappa shape index (κ2) is 35.6. The largest absolute Gasteiger partial charge is 0.461 e. The Kier molecular flexibility index (Phi) is 29.0. The minimum Gasteiger partial charge on any atom is -0.461 e. The van der Waals surface area contributed by atoms with Crippen molar-refractivity contribution in [3.63, 3.8) is 0 Å². The molecule has 10 aromatic rings. The molecular formula is C73H40F36O12S2. The van der Waals surface area contributed by atoms with E-state index in [1.807, 2.05) is 0 Å². The first-order valence-electron chi connectivity index (χ1n) is 30.4. The van der Waals surface area contributed by atoms with Gasteiger partial charge in [-0.15, -0.1) is 0 Å². The number of ether oxygens (including phenoxy) is 8. The van der Waals surface area contributed by atoms with Gasteiger partial charge in [-0.05, 0) is 49.2 Å². The topological polar surface area (TPSA) is 142 Å². The lowest BCUT2D eigenvalue weighted by atomic mass is 9.73. The van der Waals surface area contributed by atoms with E-state index >= 15 is 123 Å². The Labute approximate surface area is 664 Å². The zero-order valence-electron chi connectivity index (χ0n) is 56.9. The van der Waals surface area contributed by atoms with Crippen LogP contribution in [-0.4, -0.2) is 57.0 Å². The number of methoxy groups -OCH3 is 2. The van der Waals surface area contributed by atoms with Crippen molar-refractivity contribution in [2.75, 3.05) is 27.8 Å². The second-order valence-corrected chi connectivity index (χ2v) is 27.1. The molecule has 10 rings (SSSR count). The number of alkyl halides is 6. The second-order valence-electron chi connectivity index (χ2n) is 23.4. The standard InChI is InChI=1S/C69H24F36O12S2.4CH4/c1-15-25(70)47(92)63(48(93)26(15)71)118(106,107)65-51(96)45(90)59(116-57-41(86)33(78)23(34(79)42(57)87)21-29(74)37(82)55(112-13-110-3)38(83)30(21)75)53(98)61(65)114-19-9-5-17(6-10-19)67(68(100,101)102,69(103,104)105)18-7-11-20(12-8-18)115-62-54(99)60(46(91)52(97)66(62)119(108,109)64-49(94)27(72)16(2)28(73)50(64)95)117-58-43(88)35(80)24(36(81)44(58)89)22-31(76)39(84)56(113-14-111-4)40(85)32(22)77;;;;/h5-12H,13-14H2,1-4H3;4*1H4. The molecule has 668 valence electrons. The Morgan fingerprint density at radius 3 is 0.650 bits per heavy atom. The van der Waals surface area contributed by atoms with Gasteiger partial charge in [0.1, 0.15) is 21.3 Å². The molecule has 0 amide bonds. The van der Waals surface area contributed by atoms with Crippen LogP contribution in [0.15, 0.2) is 68.1 Å². The number of benzene rings is 10. The smallest absolute Gasteiger partial charge is 0.411 e. The van der Waals surface area contributed by atoms with Gasteiger partial charge in [-0.2, -0.15) is 79.0 Å². The van der Waals surface area contributed by atoms with Gasteiger partial charge in [-0.25, -0.2) is 95.9 Å². The average molecular weight is 1860 g/mol. The molecule has 0 radical (unpaired) electrons. The minimum absolute atomic E-state index is 0. The maximum atomic E-state index is 17.1. The lowest BCUT2D eigenvalue weighted by Gasteiger charge is -2.38. The van der Waals surface area contributed by atoms with Crippen molar-refractivity contribution in [2.45, 2.75) is 80.9 Å². The zero-order chi connectivity index (χ0) is 89.3. The molecule has 0 bridgehead atoms. The molecule has 0 aromatic heterocycles. The summed E-state index contributed by atoms with van der Waals surface area (Å²) >= 11 is 0. The first-order chi connectivity index (χ1) is 55.1. The van der Waals surface area contributed by atoms with Gasteiger partial charge in [-0.1, -0.05) is 54.0 Å². The molecule has 0 heterocycles. The minimum atomic E-state index is -7.31. The number of hydrogen-bond donors (Lipinski definition) is 0. The number of halogens is 36. The summed E-state index contributed by atoms with van der Waals surface area (Å²) in [6.07, 6.45) is -14.1. The highest BCUT2D eigenvalue weighted by Crippen LogP contribution is 2.58. The fourth-order valence-electron chi connectivity index (χ4n) is 11.1. The first-order valence-corrected chi connectivity index (χ1v) is 33.4. The van der Waals surface area contributed by atoms with Gasteiger partial charge < -0.3 is 37.9 Å². The van der Waals surface area contributed by atoms with Crippen LogP contribution >= 0.6 is 0 Å². The molecule has 0 unspecified atom stereocenters. The molecule has 0 N–H and O–H groups in total. The van der Waals surface area contributed by atoms with Gasteiger partial charge >= 0.3 is 12.4 Å². The van der Waals surface area contributed by atoms with Crippen LogP contribution < -0.4 is 28.4 Å².